The summed E-state index contributed by atoms with van der Waals surface area (Å²) in [4.78, 5) is 23.9. The molecule has 0 amide bonds. The van der Waals surface area contributed by atoms with Crippen molar-refractivity contribution in [2.24, 2.45) is 7.05 Å². The highest BCUT2D eigenvalue weighted by Crippen LogP contribution is 2.10. The molecule has 0 atom stereocenters. The van der Waals surface area contributed by atoms with Crippen LogP contribution in [0.4, 0.5) is 0 Å². The maximum Gasteiger partial charge on any atom is 0.173 e. The Kier molecular flexibility index (Phi) is 3.90. The van der Waals surface area contributed by atoms with Crippen LogP contribution >= 0.6 is 0 Å². The largest absolute Gasteiger partial charge is 0.294 e. The smallest absolute Gasteiger partial charge is 0.173 e. The number of ketones is 2. The molecule has 0 aliphatic carbocycles. The number of aryl methyl sites for hydroxylation is 2. The van der Waals surface area contributed by atoms with Crippen LogP contribution in [0.5, 0.6) is 0 Å². The third-order valence-electron chi connectivity index (χ3n) is 3.03. The lowest BCUT2D eigenvalue weighted by Crippen LogP contribution is -2.08. The van der Waals surface area contributed by atoms with Gasteiger partial charge in [0.25, 0.3) is 0 Å². The lowest BCUT2D eigenvalue weighted by atomic mass is 10.0. The molecule has 4 nitrogen and oxygen atoms in total. The Labute approximate surface area is 112 Å². The zero-order valence-electron chi connectivity index (χ0n) is 11.1. The zero-order chi connectivity index (χ0) is 13.8. The monoisotopic (exact) mass is 256 g/mol. The molecule has 98 valence electrons. The van der Waals surface area contributed by atoms with E-state index in [1.54, 1.807) is 30.1 Å². The number of Topliss-reactive ketones (excluding diaryl/α,β-unsaturated/α-hetero) is 2. The first kappa shape index (κ1) is 13.2. The fourth-order valence-corrected chi connectivity index (χ4v) is 1.84. The molecule has 0 bridgehead atoms. The minimum atomic E-state index is -0.197. The third kappa shape index (κ3) is 3.16. The average molecular weight is 256 g/mol. The van der Waals surface area contributed by atoms with E-state index < -0.39 is 0 Å². The second kappa shape index (κ2) is 5.61. The number of hydrogen-bond donors (Lipinski definition) is 0. The van der Waals surface area contributed by atoms with Crippen molar-refractivity contribution in [3.8, 4) is 0 Å². The van der Waals surface area contributed by atoms with Crippen molar-refractivity contribution in [3.63, 3.8) is 0 Å². The predicted molar refractivity (Wildman–Crippen MR) is 72.3 cm³/mol. The number of rotatable bonds is 5. The van der Waals surface area contributed by atoms with Crippen molar-refractivity contribution in [2.75, 3.05) is 0 Å². The standard InChI is InChI=1S/C15H16N2O2/c1-3-11-4-6-12(7-5-11)14(18)8-15(19)13-9-16-17(2)10-13/h4-7,9-10H,3,8H2,1-2H3. The summed E-state index contributed by atoms with van der Waals surface area (Å²) in [5.41, 5.74) is 2.23. The molecule has 0 fully saturated rings. The summed E-state index contributed by atoms with van der Waals surface area (Å²) in [7, 11) is 1.74. The van der Waals surface area contributed by atoms with Crippen molar-refractivity contribution >= 4 is 11.6 Å². The van der Waals surface area contributed by atoms with Gasteiger partial charge in [-0.15, -0.1) is 0 Å². The van der Waals surface area contributed by atoms with Crippen molar-refractivity contribution in [3.05, 3.63) is 53.3 Å². The van der Waals surface area contributed by atoms with Crippen LogP contribution in [0.3, 0.4) is 0 Å². The third-order valence-corrected chi connectivity index (χ3v) is 3.03. The Morgan fingerprint density at radius 3 is 2.26 bits per heavy atom. The molecule has 0 aliphatic heterocycles. The molecule has 0 N–H and O–H groups in total. The Morgan fingerprint density at radius 2 is 1.74 bits per heavy atom. The fourth-order valence-electron chi connectivity index (χ4n) is 1.84. The quantitative estimate of drug-likeness (QED) is 0.610. The molecule has 0 radical (unpaired) electrons. The van der Waals surface area contributed by atoms with Gasteiger partial charge in [0.1, 0.15) is 0 Å². The summed E-state index contributed by atoms with van der Waals surface area (Å²) >= 11 is 0. The zero-order valence-corrected chi connectivity index (χ0v) is 11.1. The van der Waals surface area contributed by atoms with Crippen LogP contribution in [0.25, 0.3) is 0 Å². The summed E-state index contributed by atoms with van der Waals surface area (Å²) < 4.78 is 1.55. The van der Waals surface area contributed by atoms with Crippen molar-refractivity contribution < 1.29 is 9.59 Å². The van der Waals surface area contributed by atoms with Gasteiger partial charge in [0.05, 0.1) is 18.2 Å². The van der Waals surface area contributed by atoms with Gasteiger partial charge in [-0.2, -0.15) is 5.10 Å². The molecule has 0 spiro atoms. The molecule has 1 heterocycles. The predicted octanol–water partition coefficient (Wildman–Crippen LogP) is 2.44. The molecule has 2 aromatic rings. The van der Waals surface area contributed by atoms with Crippen LogP contribution in [-0.4, -0.2) is 21.3 Å². The van der Waals surface area contributed by atoms with Gasteiger partial charge < -0.3 is 0 Å². The van der Waals surface area contributed by atoms with E-state index in [0.29, 0.717) is 11.1 Å². The normalized spacial score (nSPS) is 10.4. The molecule has 1 aromatic heterocycles. The second-order valence-electron chi connectivity index (χ2n) is 4.48. The lowest BCUT2D eigenvalue weighted by Gasteiger charge is -2.01. The molecule has 0 unspecified atom stereocenters. The van der Waals surface area contributed by atoms with Crippen LogP contribution in [0.1, 0.15) is 39.6 Å². The summed E-state index contributed by atoms with van der Waals surface area (Å²) in [5.74, 6) is -0.353. The Morgan fingerprint density at radius 1 is 1.11 bits per heavy atom. The van der Waals surface area contributed by atoms with Crippen LogP contribution in [0.15, 0.2) is 36.7 Å². The van der Waals surface area contributed by atoms with Crippen LogP contribution in [0.2, 0.25) is 0 Å². The SMILES string of the molecule is CCc1ccc(C(=O)CC(=O)c2cnn(C)c2)cc1. The van der Waals surface area contributed by atoms with Crippen LogP contribution in [0, 0.1) is 0 Å². The summed E-state index contributed by atoms with van der Waals surface area (Å²) in [6, 6.07) is 7.39. The molecule has 2 rings (SSSR count). The topological polar surface area (TPSA) is 52.0 Å². The first-order valence-electron chi connectivity index (χ1n) is 6.24. The molecular formula is C15H16N2O2. The van der Waals surface area contributed by atoms with Crippen molar-refractivity contribution in [1.29, 1.82) is 0 Å². The minimum Gasteiger partial charge on any atom is -0.294 e. The van der Waals surface area contributed by atoms with E-state index in [9.17, 15) is 9.59 Å². The molecular weight excluding hydrogens is 240 g/mol. The number of carbonyl (C=O) groups excluding carboxylic acids is 2. The first-order chi connectivity index (χ1) is 9.10. The first-order valence-corrected chi connectivity index (χ1v) is 6.24. The number of nitrogens with zero attached hydrogens (tertiary/aromatic N) is 2. The van der Waals surface area contributed by atoms with E-state index >= 15 is 0 Å². The highest BCUT2D eigenvalue weighted by atomic mass is 16.1. The van der Waals surface area contributed by atoms with Gasteiger partial charge in [-0.3, -0.25) is 14.3 Å². The molecule has 19 heavy (non-hydrogen) atoms. The summed E-state index contributed by atoms with van der Waals surface area (Å²) in [6.07, 6.45) is 3.92. The maximum absolute atomic E-state index is 12.0. The maximum atomic E-state index is 12.0. The van der Waals surface area contributed by atoms with E-state index in [0.717, 1.165) is 6.42 Å². The Bertz CT molecular complexity index is 597. The average Bonchev–Trinajstić information content (AvgIpc) is 2.85. The van der Waals surface area contributed by atoms with Crippen LogP contribution < -0.4 is 0 Å². The van der Waals surface area contributed by atoms with Gasteiger partial charge in [-0.05, 0) is 12.0 Å². The van der Waals surface area contributed by atoms with E-state index in [2.05, 4.69) is 12.0 Å². The van der Waals surface area contributed by atoms with Gasteiger partial charge in [0.15, 0.2) is 11.6 Å². The van der Waals surface area contributed by atoms with Crippen molar-refractivity contribution in [1.82, 2.24) is 9.78 Å². The molecule has 1 aromatic carbocycles. The van der Waals surface area contributed by atoms with E-state index in [1.807, 2.05) is 12.1 Å². The molecule has 0 aliphatic rings. The number of benzene rings is 1. The number of carbonyl (C=O) groups is 2. The van der Waals surface area contributed by atoms with Crippen LogP contribution in [-0.2, 0) is 13.5 Å². The van der Waals surface area contributed by atoms with E-state index in [-0.39, 0.29) is 18.0 Å². The van der Waals surface area contributed by atoms with Gasteiger partial charge in [0, 0.05) is 18.8 Å². The number of aromatic nitrogens is 2. The van der Waals surface area contributed by atoms with Gasteiger partial charge in [-0.25, -0.2) is 0 Å². The van der Waals surface area contributed by atoms with Crippen molar-refractivity contribution in [2.45, 2.75) is 19.8 Å². The Hall–Kier alpha value is -2.23. The fraction of sp³-hybridized carbons (Fsp3) is 0.267. The lowest BCUT2D eigenvalue weighted by molar-refractivity contribution is 0.0894. The summed E-state index contributed by atoms with van der Waals surface area (Å²) in [6.45, 7) is 2.06. The van der Waals surface area contributed by atoms with E-state index in [4.69, 9.17) is 0 Å². The highest BCUT2D eigenvalue weighted by Gasteiger charge is 2.14. The van der Waals surface area contributed by atoms with Gasteiger partial charge >= 0.3 is 0 Å². The van der Waals surface area contributed by atoms with E-state index in [1.165, 1.54) is 11.8 Å². The molecule has 0 saturated carbocycles. The minimum absolute atomic E-state index is 0.114. The summed E-state index contributed by atoms with van der Waals surface area (Å²) in [5, 5.41) is 3.92. The highest BCUT2D eigenvalue weighted by molar-refractivity contribution is 6.13. The Balaban J connectivity index is 2.06. The molecule has 0 saturated heterocycles. The van der Waals surface area contributed by atoms with Gasteiger partial charge in [-0.1, -0.05) is 31.2 Å². The van der Waals surface area contributed by atoms with Gasteiger partial charge in [0.2, 0.25) is 0 Å². The molecule has 4 heteroatoms. The number of hydrogen-bond acceptors (Lipinski definition) is 3. The second-order valence-corrected chi connectivity index (χ2v) is 4.48.